The molecule has 2 aromatic carbocycles. The first-order valence-electron chi connectivity index (χ1n) is 8.38. The van der Waals surface area contributed by atoms with Crippen LogP contribution in [0, 0.1) is 6.92 Å². The maximum absolute atomic E-state index is 9.62. The minimum atomic E-state index is 0. The first-order valence-corrected chi connectivity index (χ1v) is 8.38. The van der Waals surface area contributed by atoms with Gasteiger partial charge in [-0.1, -0.05) is 60.2 Å². The van der Waals surface area contributed by atoms with Gasteiger partial charge in [-0.2, -0.15) is 0 Å². The van der Waals surface area contributed by atoms with Gasteiger partial charge in [0.15, 0.2) is 5.96 Å². The van der Waals surface area contributed by atoms with Crippen LogP contribution in [0.3, 0.4) is 0 Å². The SMILES string of the molecule is CN=C(NCCc1cccc(C)c1)NCC(CO)c1ccccc1.I. The predicted octanol–water partition coefficient (Wildman–Crippen LogP) is 3.10. The predicted molar refractivity (Wildman–Crippen MR) is 116 cm³/mol. The highest BCUT2D eigenvalue weighted by Gasteiger charge is 2.10. The second kappa shape index (κ2) is 11.9. The summed E-state index contributed by atoms with van der Waals surface area (Å²) in [4.78, 5) is 4.25. The van der Waals surface area contributed by atoms with Crippen molar-refractivity contribution in [3.63, 3.8) is 0 Å². The summed E-state index contributed by atoms with van der Waals surface area (Å²) in [5.74, 6) is 0.818. The molecule has 0 aliphatic carbocycles. The molecule has 0 aliphatic heterocycles. The summed E-state index contributed by atoms with van der Waals surface area (Å²) in [5, 5.41) is 16.2. The number of aliphatic hydroxyl groups excluding tert-OH is 1. The third-order valence-corrected chi connectivity index (χ3v) is 4.02. The van der Waals surface area contributed by atoms with Crippen molar-refractivity contribution in [1.29, 1.82) is 0 Å². The summed E-state index contributed by atoms with van der Waals surface area (Å²) in [6.45, 7) is 3.68. The van der Waals surface area contributed by atoms with Gasteiger partial charge in [0.25, 0.3) is 0 Å². The highest BCUT2D eigenvalue weighted by molar-refractivity contribution is 14.0. The summed E-state index contributed by atoms with van der Waals surface area (Å²) >= 11 is 0. The summed E-state index contributed by atoms with van der Waals surface area (Å²) in [5.41, 5.74) is 3.72. The smallest absolute Gasteiger partial charge is 0.191 e. The van der Waals surface area contributed by atoms with Crippen LogP contribution in [0.1, 0.15) is 22.6 Å². The van der Waals surface area contributed by atoms with E-state index in [0.29, 0.717) is 6.54 Å². The van der Waals surface area contributed by atoms with Crippen molar-refractivity contribution < 1.29 is 5.11 Å². The Balaban J connectivity index is 0.00000312. The molecule has 0 aromatic heterocycles. The van der Waals surface area contributed by atoms with Gasteiger partial charge < -0.3 is 15.7 Å². The first kappa shape index (κ1) is 21.4. The molecule has 0 aliphatic rings. The van der Waals surface area contributed by atoms with Gasteiger partial charge in [0, 0.05) is 26.1 Å². The lowest BCUT2D eigenvalue weighted by Gasteiger charge is -2.18. The molecular formula is C20H28IN3O. The zero-order chi connectivity index (χ0) is 17.2. The van der Waals surface area contributed by atoms with Crippen LogP contribution >= 0.6 is 24.0 Å². The van der Waals surface area contributed by atoms with E-state index < -0.39 is 0 Å². The molecule has 0 bridgehead atoms. The van der Waals surface area contributed by atoms with E-state index in [-0.39, 0.29) is 36.5 Å². The number of halogens is 1. The van der Waals surface area contributed by atoms with E-state index in [0.717, 1.165) is 24.5 Å². The number of rotatable bonds is 7. The van der Waals surface area contributed by atoms with Crippen molar-refractivity contribution in [2.45, 2.75) is 19.3 Å². The molecule has 0 amide bonds. The molecule has 3 N–H and O–H groups in total. The molecule has 0 radical (unpaired) electrons. The van der Waals surface area contributed by atoms with Gasteiger partial charge in [0.1, 0.15) is 0 Å². The first-order chi connectivity index (χ1) is 11.7. The Bertz CT molecular complexity index is 646. The summed E-state index contributed by atoms with van der Waals surface area (Å²) < 4.78 is 0. The van der Waals surface area contributed by atoms with Crippen molar-refractivity contribution in [3.8, 4) is 0 Å². The van der Waals surface area contributed by atoms with E-state index in [1.165, 1.54) is 11.1 Å². The van der Waals surface area contributed by atoms with Crippen LogP contribution in [0.2, 0.25) is 0 Å². The maximum atomic E-state index is 9.62. The number of aliphatic hydroxyl groups is 1. The molecule has 0 spiro atoms. The molecule has 0 fully saturated rings. The van der Waals surface area contributed by atoms with Gasteiger partial charge in [0.05, 0.1) is 6.61 Å². The molecular weight excluding hydrogens is 425 g/mol. The number of guanidine groups is 1. The standard InChI is InChI=1S/C20H27N3O.HI/c1-16-7-6-8-17(13-16)11-12-22-20(21-2)23-14-19(15-24)18-9-4-3-5-10-18;/h3-10,13,19,24H,11-12,14-15H2,1-2H3,(H2,21,22,23);1H. The number of nitrogens with one attached hydrogen (secondary N) is 2. The Hall–Kier alpha value is -1.60. The number of aryl methyl sites for hydroxylation is 1. The lowest BCUT2D eigenvalue weighted by Crippen LogP contribution is -2.40. The highest BCUT2D eigenvalue weighted by Crippen LogP contribution is 2.13. The summed E-state index contributed by atoms with van der Waals surface area (Å²) in [7, 11) is 1.76. The van der Waals surface area contributed by atoms with E-state index in [9.17, 15) is 5.11 Å². The normalized spacial score (nSPS) is 12.2. The van der Waals surface area contributed by atoms with Gasteiger partial charge in [-0.15, -0.1) is 24.0 Å². The third kappa shape index (κ3) is 7.44. The number of benzene rings is 2. The number of hydrogen-bond acceptors (Lipinski definition) is 2. The zero-order valence-electron chi connectivity index (χ0n) is 14.9. The van der Waals surface area contributed by atoms with Crippen LogP contribution in [0.25, 0.3) is 0 Å². The Morgan fingerprint density at radius 1 is 1.08 bits per heavy atom. The molecule has 0 heterocycles. The molecule has 0 saturated heterocycles. The molecule has 25 heavy (non-hydrogen) atoms. The molecule has 1 atom stereocenters. The minimum Gasteiger partial charge on any atom is -0.396 e. The van der Waals surface area contributed by atoms with Crippen LogP contribution in [0.5, 0.6) is 0 Å². The van der Waals surface area contributed by atoms with Gasteiger partial charge in [0.2, 0.25) is 0 Å². The second-order valence-electron chi connectivity index (χ2n) is 5.91. The fourth-order valence-electron chi connectivity index (χ4n) is 2.65. The van der Waals surface area contributed by atoms with Crippen molar-refractivity contribution >= 4 is 29.9 Å². The highest BCUT2D eigenvalue weighted by atomic mass is 127. The number of hydrogen-bond donors (Lipinski definition) is 3. The molecule has 5 heteroatoms. The van der Waals surface area contributed by atoms with E-state index in [1.807, 2.05) is 30.3 Å². The largest absolute Gasteiger partial charge is 0.396 e. The van der Waals surface area contributed by atoms with E-state index in [4.69, 9.17) is 0 Å². The van der Waals surface area contributed by atoms with E-state index in [1.54, 1.807) is 7.05 Å². The molecule has 2 aromatic rings. The van der Waals surface area contributed by atoms with Gasteiger partial charge in [-0.3, -0.25) is 4.99 Å². The van der Waals surface area contributed by atoms with Crippen molar-refractivity contribution in [3.05, 3.63) is 71.3 Å². The fourth-order valence-corrected chi connectivity index (χ4v) is 2.65. The zero-order valence-corrected chi connectivity index (χ0v) is 17.2. The van der Waals surface area contributed by atoms with Gasteiger partial charge in [-0.25, -0.2) is 0 Å². The van der Waals surface area contributed by atoms with Crippen LogP contribution in [0.15, 0.2) is 59.6 Å². The topological polar surface area (TPSA) is 56.7 Å². The summed E-state index contributed by atoms with van der Waals surface area (Å²) in [6.07, 6.45) is 0.949. The van der Waals surface area contributed by atoms with E-state index in [2.05, 4.69) is 46.8 Å². The van der Waals surface area contributed by atoms with Crippen LogP contribution in [0.4, 0.5) is 0 Å². The Kier molecular flexibility index (Phi) is 10.2. The Labute approximate surface area is 167 Å². The average Bonchev–Trinajstić information content (AvgIpc) is 2.61. The lowest BCUT2D eigenvalue weighted by molar-refractivity contribution is 0.265. The van der Waals surface area contributed by atoms with Gasteiger partial charge in [-0.05, 0) is 24.5 Å². The third-order valence-electron chi connectivity index (χ3n) is 4.02. The van der Waals surface area contributed by atoms with Crippen molar-refractivity contribution in [1.82, 2.24) is 10.6 Å². The molecule has 2 rings (SSSR count). The average molecular weight is 453 g/mol. The van der Waals surface area contributed by atoms with Crippen LogP contribution in [-0.2, 0) is 6.42 Å². The maximum Gasteiger partial charge on any atom is 0.191 e. The van der Waals surface area contributed by atoms with Crippen LogP contribution < -0.4 is 10.6 Å². The molecule has 1 unspecified atom stereocenters. The molecule has 0 saturated carbocycles. The van der Waals surface area contributed by atoms with E-state index >= 15 is 0 Å². The monoisotopic (exact) mass is 453 g/mol. The summed E-state index contributed by atoms with van der Waals surface area (Å²) in [6, 6.07) is 18.6. The molecule has 136 valence electrons. The van der Waals surface area contributed by atoms with Crippen molar-refractivity contribution in [2.75, 3.05) is 26.7 Å². The fraction of sp³-hybridized carbons (Fsp3) is 0.350. The minimum absolute atomic E-state index is 0. The van der Waals surface area contributed by atoms with Crippen molar-refractivity contribution in [2.24, 2.45) is 4.99 Å². The Morgan fingerprint density at radius 3 is 2.48 bits per heavy atom. The number of nitrogens with zero attached hydrogens (tertiary/aromatic N) is 1. The molecule has 4 nitrogen and oxygen atoms in total. The quantitative estimate of drug-likeness (QED) is 0.343. The number of aliphatic imine (C=N–C) groups is 1. The lowest BCUT2D eigenvalue weighted by atomic mass is 10.0. The second-order valence-corrected chi connectivity index (χ2v) is 5.91. The van der Waals surface area contributed by atoms with Crippen LogP contribution in [-0.4, -0.2) is 37.8 Å². The van der Waals surface area contributed by atoms with Gasteiger partial charge >= 0.3 is 0 Å². The Morgan fingerprint density at radius 2 is 1.84 bits per heavy atom.